The summed E-state index contributed by atoms with van der Waals surface area (Å²) in [6, 6.07) is 9.88. The van der Waals surface area contributed by atoms with Crippen LogP contribution >= 0.6 is 0 Å². The van der Waals surface area contributed by atoms with Crippen LogP contribution in [0.4, 0.5) is 5.69 Å². The summed E-state index contributed by atoms with van der Waals surface area (Å²) < 4.78 is 0. The van der Waals surface area contributed by atoms with Crippen LogP contribution in [0.25, 0.3) is 0 Å². The zero-order chi connectivity index (χ0) is 13.1. The van der Waals surface area contributed by atoms with Crippen molar-refractivity contribution >= 4 is 11.6 Å². The van der Waals surface area contributed by atoms with E-state index < -0.39 is 5.91 Å². The van der Waals surface area contributed by atoms with Crippen molar-refractivity contribution in [3.8, 4) is 17.2 Å². The van der Waals surface area contributed by atoms with Gasteiger partial charge in [0.2, 0.25) is 0 Å². The summed E-state index contributed by atoms with van der Waals surface area (Å²) in [4.78, 5) is 11.8. The molecule has 2 aromatic carbocycles. The zero-order valence-electron chi connectivity index (χ0n) is 9.29. The van der Waals surface area contributed by atoms with Gasteiger partial charge in [0, 0.05) is 17.3 Å². The molecule has 5 heteroatoms. The van der Waals surface area contributed by atoms with Gasteiger partial charge in [-0.3, -0.25) is 4.79 Å². The number of phenolic OH excluding ortho intramolecular Hbond substituents is 3. The number of carbonyl (C=O) groups is 1. The third-order valence-corrected chi connectivity index (χ3v) is 2.34. The number of aromatic hydroxyl groups is 3. The van der Waals surface area contributed by atoms with Crippen LogP contribution in [-0.2, 0) is 0 Å². The molecule has 5 nitrogen and oxygen atoms in total. The second-order valence-corrected chi connectivity index (χ2v) is 3.71. The third-order valence-electron chi connectivity index (χ3n) is 2.34. The Hall–Kier alpha value is -2.69. The summed E-state index contributed by atoms with van der Waals surface area (Å²) in [5, 5.41) is 30.2. The van der Waals surface area contributed by atoms with Gasteiger partial charge >= 0.3 is 0 Å². The number of benzene rings is 2. The lowest BCUT2D eigenvalue weighted by atomic mass is 10.2. The summed E-state index contributed by atoms with van der Waals surface area (Å²) in [5.41, 5.74) is 0.640. The molecular formula is C13H11NO4. The predicted octanol–water partition coefficient (Wildman–Crippen LogP) is 2.06. The maximum atomic E-state index is 11.8. The Balaban J connectivity index is 2.19. The molecule has 4 N–H and O–H groups in total. The van der Waals surface area contributed by atoms with Crippen molar-refractivity contribution in [1.29, 1.82) is 0 Å². The molecule has 0 bridgehead atoms. The highest BCUT2D eigenvalue weighted by Gasteiger charge is 2.09. The van der Waals surface area contributed by atoms with E-state index in [1.807, 2.05) is 0 Å². The van der Waals surface area contributed by atoms with Crippen LogP contribution in [0.5, 0.6) is 17.2 Å². The van der Waals surface area contributed by atoms with Gasteiger partial charge in [0.1, 0.15) is 5.75 Å². The average molecular weight is 245 g/mol. The van der Waals surface area contributed by atoms with E-state index in [4.69, 9.17) is 5.11 Å². The van der Waals surface area contributed by atoms with Gasteiger partial charge in [-0.2, -0.15) is 0 Å². The molecule has 0 aliphatic rings. The molecule has 0 atom stereocenters. The minimum atomic E-state index is -0.448. The molecule has 0 aromatic heterocycles. The highest BCUT2D eigenvalue weighted by Crippen LogP contribution is 2.25. The maximum absolute atomic E-state index is 11.8. The second kappa shape index (κ2) is 4.67. The van der Waals surface area contributed by atoms with E-state index in [0.29, 0.717) is 5.69 Å². The first-order valence-electron chi connectivity index (χ1n) is 5.18. The highest BCUT2D eigenvalue weighted by molar-refractivity contribution is 6.04. The maximum Gasteiger partial charge on any atom is 0.255 e. The molecule has 0 saturated carbocycles. The Bertz CT molecular complexity index is 595. The van der Waals surface area contributed by atoms with Gasteiger partial charge in [0.05, 0.1) is 0 Å². The Morgan fingerprint density at radius 3 is 2.39 bits per heavy atom. The lowest BCUT2D eigenvalue weighted by molar-refractivity contribution is 0.102. The van der Waals surface area contributed by atoms with Gasteiger partial charge in [-0.1, -0.05) is 6.07 Å². The van der Waals surface area contributed by atoms with Crippen LogP contribution in [0, 0.1) is 0 Å². The fourth-order valence-corrected chi connectivity index (χ4v) is 1.45. The Morgan fingerprint density at radius 1 is 0.944 bits per heavy atom. The van der Waals surface area contributed by atoms with Gasteiger partial charge in [-0.15, -0.1) is 0 Å². The molecule has 0 aliphatic heterocycles. The molecule has 0 fully saturated rings. The number of amides is 1. The van der Waals surface area contributed by atoms with Gasteiger partial charge in [0.25, 0.3) is 5.91 Å². The van der Waals surface area contributed by atoms with Gasteiger partial charge in [-0.25, -0.2) is 0 Å². The number of phenols is 3. The van der Waals surface area contributed by atoms with Crippen molar-refractivity contribution in [2.45, 2.75) is 0 Å². The molecule has 0 aliphatic carbocycles. The molecule has 0 saturated heterocycles. The fourth-order valence-electron chi connectivity index (χ4n) is 1.45. The fraction of sp³-hybridized carbons (Fsp3) is 0. The Kier molecular flexibility index (Phi) is 3.05. The van der Waals surface area contributed by atoms with Crippen molar-refractivity contribution < 1.29 is 20.1 Å². The number of hydrogen-bond donors (Lipinski definition) is 4. The van der Waals surface area contributed by atoms with E-state index >= 15 is 0 Å². The zero-order valence-corrected chi connectivity index (χ0v) is 9.29. The first-order valence-corrected chi connectivity index (χ1v) is 5.18. The number of hydrogen-bond acceptors (Lipinski definition) is 4. The van der Waals surface area contributed by atoms with Gasteiger partial charge in [-0.05, 0) is 30.3 Å². The standard InChI is InChI=1S/C13H11NO4/c15-10-3-1-2-9(7-10)14-13(18)8-4-5-11(16)12(17)6-8/h1-7,15-17H,(H,14,18). The monoisotopic (exact) mass is 245 g/mol. The molecule has 1 amide bonds. The number of carbonyl (C=O) groups excluding carboxylic acids is 1. The quantitative estimate of drug-likeness (QED) is 0.609. The van der Waals surface area contributed by atoms with Crippen LogP contribution in [-0.4, -0.2) is 21.2 Å². The van der Waals surface area contributed by atoms with E-state index in [0.717, 1.165) is 6.07 Å². The summed E-state index contributed by atoms with van der Waals surface area (Å²) in [6.45, 7) is 0. The highest BCUT2D eigenvalue weighted by atomic mass is 16.3. The summed E-state index contributed by atoms with van der Waals surface area (Å²) >= 11 is 0. The van der Waals surface area contributed by atoms with Crippen LogP contribution in [0.1, 0.15) is 10.4 Å². The van der Waals surface area contributed by atoms with E-state index in [-0.39, 0.29) is 22.8 Å². The molecule has 0 spiro atoms. The smallest absolute Gasteiger partial charge is 0.255 e. The Labute approximate surface area is 103 Å². The second-order valence-electron chi connectivity index (χ2n) is 3.71. The first-order chi connectivity index (χ1) is 8.56. The van der Waals surface area contributed by atoms with E-state index in [1.165, 1.54) is 24.3 Å². The van der Waals surface area contributed by atoms with Crippen LogP contribution in [0.3, 0.4) is 0 Å². The molecule has 92 valence electrons. The number of rotatable bonds is 2. The molecule has 0 unspecified atom stereocenters. The normalized spacial score (nSPS) is 10.0. The number of nitrogens with one attached hydrogen (secondary N) is 1. The van der Waals surface area contributed by atoms with E-state index in [9.17, 15) is 15.0 Å². The third kappa shape index (κ3) is 2.52. The predicted molar refractivity (Wildman–Crippen MR) is 65.8 cm³/mol. The minimum Gasteiger partial charge on any atom is -0.508 e. The van der Waals surface area contributed by atoms with Crippen LogP contribution in [0.2, 0.25) is 0 Å². The van der Waals surface area contributed by atoms with Crippen molar-refractivity contribution in [3.63, 3.8) is 0 Å². The van der Waals surface area contributed by atoms with Crippen molar-refractivity contribution in [1.82, 2.24) is 0 Å². The molecular weight excluding hydrogens is 234 g/mol. The van der Waals surface area contributed by atoms with Crippen molar-refractivity contribution in [3.05, 3.63) is 48.0 Å². The molecule has 18 heavy (non-hydrogen) atoms. The van der Waals surface area contributed by atoms with Crippen LogP contribution < -0.4 is 5.32 Å². The number of anilines is 1. The summed E-state index contributed by atoms with van der Waals surface area (Å²) in [6.07, 6.45) is 0. The van der Waals surface area contributed by atoms with Gasteiger partial charge in [0.15, 0.2) is 11.5 Å². The summed E-state index contributed by atoms with van der Waals surface area (Å²) in [7, 11) is 0. The molecule has 0 radical (unpaired) electrons. The average Bonchev–Trinajstić information content (AvgIpc) is 2.32. The first kappa shape index (κ1) is 11.8. The SMILES string of the molecule is O=C(Nc1cccc(O)c1)c1ccc(O)c(O)c1. The lowest BCUT2D eigenvalue weighted by Gasteiger charge is -2.06. The largest absolute Gasteiger partial charge is 0.508 e. The minimum absolute atomic E-state index is 0.0429. The van der Waals surface area contributed by atoms with E-state index in [1.54, 1.807) is 12.1 Å². The van der Waals surface area contributed by atoms with Crippen molar-refractivity contribution in [2.75, 3.05) is 5.32 Å². The molecule has 2 rings (SSSR count). The topological polar surface area (TPSA) is 89.8 Å². The van der Waals surface area contributed by atoms with Gasteiger partial charge < -0.3 is 20.6 Å². The lowest BCUT2D eigenvalue weighted by Crippen LogP contribution is -2.11. The van der Waals surface area contributed by atoms with Crippen molar-refractivity contribution in [2.24, 2.45) is 0 Å². The summed E-state index contributed by atoms with van der Waals surface area (Å²) in [5.74, 6) is -1.06. The Morgan fingerprint density at radius 2 is 1.72 bits per heavy atom. The molecule has 2 aromatic rings. The van der Waals surface area contributed by atoms with E-state index in [2.05, 4.69) is 5.32 Å². The molecule has 0 heterocycles. The van der Waals surface area contributed by atoms with Crippen LogP contribution in [0.15, 0.2) is 42.5 Å².